The zero-order valence-electron chi connectivity index (χ0n) is 34.8. The summed E-state index contributed by atoms with van der Waals surface area (Å²) in [7, 11) is 0. The number of carbonyl (C=O) groups is 1. The Balaban J connectivity index is 1.19. The lowest BCUT2D eigenvalue weighted by molar-refractivity contribution is -0.113. The van der Waals surface area contributed by atoms with Crippen molar-refractivity contribution in [3.63, 3.8) is 0 Å². The normalized spacial score (nSPS) is 14.3. The summed E-state index contributed by atoms with van der Waals surface area (Å²) in [6.07, 6.45) is 6.43. The zero-order chi connectivity index (χ0) is 40.1. The summed E-state index contributed by atoms with van der Waals surface area (Å²) >= 11 is 3.75. The molecule has 0 fully saturated rings. The molecule has 6 aromatic carbocycles. The van der Waals surface area contributed by atoms with Gasteiger partial charge in [-0.1, -0.05) is 118 Å². The van der Waals surface area contributed by atoms with E-state index in [4.69, 9.17) is 0 Å². The number of carbonyl (C=O) groups excluding carboxylic acids is 1. The van der Waals surface area contributed by atoms with Crippen LogP contribution in [0.4, 0.5) is 15.7 Å². The average molecular weight is 782 g/mol. The van der Waals surface area contributed by atoms with E-state index in [0.717, 1.165) is 22.3 Å². The van der Waals surface area contributed by atoms with E-state index in [1.54, 1.807) is 0 Å². The van der Waals surface area contributed by atoms with Crippen LogP contribution in [-0.2, 0) is 15.6 Å². The Hall–Kier alpha value is -5.03. The lowest BCUT2D eigenvalue weighted by Crippen LogP contribution is -2.18. The van der Waals surface area contributed by atoms with Crippen LogP contribution in [0.3, 0.4) is 0 Å². The van der Waals surface area contributed by atoms with Crippen LogP contribution in [0.5, 0.6) is 0 Å². The van der Waals surface area contributed by atoms with Gasteiger partial charge in [-0.2, -0.15) is 0 Å². The number of allylic oxidation sites excluding steroid dienone is 5. The molecule has 0 radical (unpaired) electrons. The number of fused-ring (bicyclic) bond motifs is 2. The highest BCUT2D eigenvalue weighted by molar-refractivity contribution is 7.25. The molecule has 0 amide bonds. The van der Waals surface area contributed by atoms with Crippen molar-refractivity contribution in [1.82, 2.24) is 0 Å². The SMILES string of the molecule is CC(C)C1=CC(=Cc2cc3ccc4cc(N(c5cc6ccc(C(C)(C)C)cc6s5)c5cc6ccc(C(C)(C)C)cc6s5)cc5ccc(c2)c3c45)C=C(C(C)C)C1=O. The number of hydrogen-bond acceptors (Lipinski definition) is 4. The van der Waals surface area contributed by atoms with Gasteiger partial charge in [-0.05, 0) is 155 Å². The Bertz CT molecular complexity index is 2810. The van der Waals surface area contributed by atoms with Crippen LogP contribution < -0.4 is 4.90 Å². The fraction of sp³-hybridized carbons (Fsp3) is 0.264. The predicted molar refractivity (Wildman–Crippen MR) is 252 cm³/mol. The first kappa shape index (κ1) is 37.5. The highest BCUT2D eigenvalue weighted by Gasteiger charge is 2.25. The lowest BCUT2D eigenvalue weighted by Gasteiger charge is -2.23. The molecule has 0 saturated carbocycles. The molecule has 0 bridgehead atoms. The Morgan fingerprint density at radius 2 is 0.930 bits per heavy atom. The number of anilines is 3. The first-order chi connectivity index (χ1) is 27.0. The Labute approximate surface area is 345 Å². The minimum absolute atomic E-state index is 0.0832. The van der Waals surface area contributed by atoms with E-state index in [1.807, 2.05) is 22.7 Å². The molecule has 4 heteroatoms. The minimum atomic E-state index is 0.0832. The summed E-state index contributed by atoms with van der Waals surface area (Å²) in [5, 5.41) is 12.5. The van der Waals surface area contributed by atoms with E-state index in [2.05, 4.69) is 189 Å². The molecule has 0 aliphatic heterocycles. The van der Waals surface area contributed by atoms with Crippen molar-refractivity contribution in [3.8, 4) is 0 Å². The van der Waals surface area contributed by atoms with E-state index in [0.29, 0.717) is 0 Å². The number of thiophene rings is 2. The van der Waals surface area contributed by atoms with Gasteiger partial charge in [0.15, 0.2) is 5.78 Å². The molecule has 1 aliphatic rings. The zero-order valence-corrected chi connectivity index (χ0v) is 36.4. The van der Waals surface area contributed by atoms with Crippen molar-refractivity contribution in [2.24, 2.45) is 11.8 Å². The van der Waals surface area contributed by atoms with E-state index in [1.165, 1.54) is 79.3 Å². The van der Waals surface area contributed by atoms with Gasteiger partial charge in [-0.3, -0.25) is 9.69 Å². The molecular weight excluding hydrogens is 731 g/mol. The van der Waals surface area contributed by atoms with Crippen molar-refractivity contribution < 1.29 is 4.79 Å². The highest BCUT2D eigenvalue weighted by atomic mass is 32.1. The number of benzene rings is 6. The van der Waals surface area contributed by atoms with Gasteiger partial charge in [0.2, 0.25) is 0 Å². The second kappa shape index (κ2) is 13.5. The third-order valence-electron chi connectivity index (χ3n) is 11.7. The van der Waals surface area contributed by atoms with Crippen LogP contribution in [0, 0.1) is 11.8 Å². The van der Waals surface area contributed by atoms with E-state index < -0.39 is 0 Å². The van der Waals surface area contributed by atoms with Gasteiger partial charge >= 0.3 is 0 Å². The smallest absolute Gasteiger partial charge is 0.185 e. The summed E-state index contributed by atoms with van der Waals surface area (Å²) in [5.74, 6) is 0.541. The summed E-state index contributed by atoms with van der Waals surface area (Å²) in [6.45, 7) is 22.2. The van der Waals surface area contributed by atoms with Crippen LogP contribution in [0.1, 0.15) is 85.9 Å². The van der Waals surface area contributed by atoms with Gasteiger partial charge in [0.1, 0.15) is 10.0 Å². The maximum Gasteiger partial charge on any atom is 0.185 e. The summed E-state index contributed by atoms with van der Waals surface area (Å²) in [6, 6.07) is 37.3. The van der Waals surface area contributed by atoms with E-state index in [9.17, 15) is 4.79 Å². The quantitative estimate of drug-likeness (QED) is 0.157. The third kappa shape index (κ3) is 6.71. The molecule has 0 atom stereocenters. The number of Topliss-reactive ketones (excluding diaryl/α,β-unsaturated/α-hetero) is 1. The fourth-order valence-corrected chi connectivity index (χ4v) is 10.8. The summed E-state index contributed by atoms with van der Waals surface area (Å²) in [5.41, 5.74) is 8.08. The molecule has 9 rings (SSSR count). The molecule has 286 valence electrons. The van der Waals surface area contributed by atoms with Gasteiger partial charge in [0.25, 0.3) is 0 Å². The minimum Gasteiger partial charge on any atom is -0.293 e. The van der Waals surface area contributed by atoms with Gasteiger partial charge in [-0.25, -0.2) is 0 Å². The molecule has 0 unspecified atom stereocenters. The molecule has 8 aromatic rings. The maximum atomic E-state index is 13.2. The summed E-state index contributed by atoms with van der Waals surface area (Å²) in [4.78, 5) is 15.7. The standard InChI is InChI=1S/C53H51NOS2/c1-30(2)43-22-33(23-44(31(3)4)51(43)55)19-32-20-36-11-13-38-24-42(25-39-14-12-37(21-32)49(36)50(38)39)54(47-26-34-15-17-40(52(5,6)7)28-45(34)56-47)48-27-35-16-18-41(53(8,9)10)29-46(35)57-48/h11-31H,1-10H3. The largest absolute Gasteiger partial charge is 0.293 e. The molecule has 0 saturated heterocycles. The van der Waals surface area contributed by atoms with Crippen molar-refractivity contribution in [2.45, 2.75) is 80.1 Å². The molecular formula is C53H51NOS2. The topological polar surface area (TPSA) is 20.3 Å². The maximum absolute atomic E-state index is 13.2. The second-order valence-corrected chi connectivity index (χ2v) is 20.9. The first-order valence-corrected chi connectivity index (χ1v) is 22.0. The second-order valence-electron chi connectivity index (χ2n) is 18.7. The van der Waals surface area contributed by atoms with Crippen molar-refractivity contribution in [3.05, 3.63) is 143 Å². The van der Waals surface area contributed by atoms with Crippen LogP contribution in [0.25, 0.3) is 58.6 Å². The monoisotopic (exact) mass is 781 g/mol. The molecule has 2 heterocycles. The van der Waals surface area contributed by atoms with Crippen LogP contribution in [0.15, 0.2) is 126 Å². The highest BCUT2D eigenvalue weighted by Crippen LogP contribution is 2.49. The van der Waals surface area contributed by atoms with Gasteiger partial charge in [0, 0.05) is 26.2 Å². The van der Waals surface area contributed by atoms with Crippen molar-refractivity contribution >= 4 is 103 Å². The Kier molecular flexibility index (Phi) is 8.91. The summed E-state index contributed by atoms with van der Waals surface area (Å²) < 4.78 is 2.63. The molecule has 2 aromatic heterocycles. The average Bonchev–Trinajstić information content (AvgIpc) is 3.77. The van der Waals surface area contributed by atoms with E-state index >= 15 is 0 Å². The molecule has 57 heavy (non-hydrogen) atoms. The third-order valence-corrected chi connectivity index (χ3v) is 13.9. The molecule has 0 spiro atoms. The number of hydrogen-bond donors (Lipinski definition) is 0. The van der Waals surface area contributed by atoms with Crippen LogP contribution in [0.2, 0.25) is 0 Å². The Morgan fingerprint density at radius 3 is 1.33 bits per heavy atom. The lowest BCUT2D eigenvalue weighted by atomic mass is 9.82. The van der Waals surface area contributed by atoms with Crippen LogP contribution in [-0.4, -0.2) is 5.78 Å². The molecule has 0 N–H and O–H groups in total. The Morgan fingerprint density at radius 1 is 0.526 bits per heavy atom. The fourth-order valence-electron chi connectivity index (χ4n) is 8.44. The van der Waals surface area contributed by atoms with Gasteiger partial charge in [0.05, 0.1) is 0 Å². The first-order valence-electron chi connectivity index (χ1n) is 20.3. The number of nitrogens with zero attached hydrogens (tertiary/aromatic N) is 1. The molecule has 1 aliphatic carbocycles. The van der Waals surface area contributed by atoms with Crippen LogP contribution >= 0.6 is 22.7 Å². The predicted octanol–water partition coefficient (Wildman–Crippen LogP) is 16.2. The van der Waals surface area contributed by atoms with E-state index in [-0.39, 0.29) is 28.4 Å². The molecule has 2 nitrogen and oxygen atoms in total. The van der Waals surface area contributed by atoms with Crippen molar-refractivity contribution in [1.29, 1.82) is 0 Å². The van der Waals surface area contributed by atoms with Gasteiger partial charge in [-0.15, -0.1) is 22.7 Å². The number of rotatable bonds is 6. The van der Waals surface area contributed by atoms with Crippen molar-refractivity contribution in [2.75, 3.05) is 4.90 Å². The van der Waals surface area contributed by atoms with Gasteiger partial charge < -0.3 is 0 Å². The number of ketones is 1.